The summed E-state index contributed by atoms with van der Waals surface area (Å²) < 4.78 is 0. The predicted octanol–water partition coefficient (Wildman–Crippen LogP) is 5.29. The van der Waals surface area contributed by atoms with Crippen LogP contribution in [0.25, 0.3) is 22.4 Å². The second-order valence-electron chi connectivity index (χ2n) is 9.05. The molecule has 3 heterocycles. The number of thiophene rings is 1. The number of para-hydroxylation sites is 1. The number of amides is 2. The molecule has 5 rings (SSSR count). The molecule has 0 atom stereocenters. The molecule has 1 aliphatic heterocycles. The number of hydrogen-bond acceptors (Lipinski definition) is 7. The van der Waals surface area contributed by atoms with E-state index in [1.54, 1.807) is 77.0 Å². The van der Waals surface area contributed by atoms with E-state index in [0.717, 1.165) is 12.8 Å². The number of nitrogens with two attached hydrogens (primary N) is 1. The molecule has 0 aliphatic carbocycles. The van der Waals surface area contributed by atoms with Crippen molar-refractivity contribution in [3.8, 4) is 34.2 Å². The van der Waals surface area contributed by atoms with Crippen molar-refractivity contribution in [1.29, 1.82) is 5.26 Å². The molecular formula is C29H26ClN5O3S. The van der Waals surface area contributed by atoms with Crippen molar-refractivity contribution >= 4 is 41.4 Å². The summed E-state index contributed by atoms with van der Waals surface area (Å²) in [6, 6.07) is 21.2. The van der Waals surface area contributed by atoms with Crippen LogP contribution in [-0.2, 0) is 0 Å². The van der Waals surface area contributed by atoms with Gasteiger partial charge in [-0.15, -0.1) is 23.7 Å². The molecule has 8 nitrogen and oxygen atoms in total. The minimum Gasteiger partial charge on any atom is -0.507 e. The molecule has 1 aliphatic rings. The summed E-state index contributed by atoms with van der Waals surface area (Å²) in [6.45, 7) is 1.19. The van der Waals surface area contributed by atoms with Gasteiger partial charge in [-0.05, 0) is 60.2 Å². The number of nitrogens with one attached hydrogen (secondary N) is 1. The highest BCUT2D eigenvalue weighted by Gasteiger charge is 2.23. The number of aromatic nitrogens is 1. The number of pyridine rings is 1. The first-order chi connectivity index (χ1) is 18.4. The van der Waals surface area contributed by atoms with Crippen molar-refractivity contribution in [2.75, 3.05) is 18.4 Å². The zero-order valence-corrected chi connectivity index (χ0v) is 22.5. The van der Waals surface area contributed by atoms with Crippen molar-refractivity contribution < 1.29 is 14.7 Å². The van der Waals surface area contributed by atoms with Crippen LogP contribution in [0, 0.1) is 11.3 Å². The van der Waals surface area contributed by atoms with Crippen molar-refractivity contribution in [2.24, 2.45) is 5.73 Å². The Bertz CT molecular complexity index is 1540. The van der Waals surface area contributed by atoms with Crippen molar-refractivity contribution in [3.63, 3.8) is 0 Å². The number of rotatable bonds is 5. The number of anilines is 1. The number of carbonyl (C=O) groups is 2. The van der Waals surface area contributed by atoms with Crippen LogP contribution in [0.5, 0.6) is 5.75 Å². The Balaban J connectivity index is 0.00000353. The summed E-state index contributed by atoms with van der Waals surface area (Å²) in [5.74, 6) is -0.406. The van der Waals surface area contributed by atoms with Crippen LogP contribution < -0.4 is 11.1 Å². The second-order valence-corrected chi connectivity index (χ2v) is 10.00. The first-order valence-electron chi connectivity index (χ1n) is 12.2. The minimum atomic E-state index is -0.392. The van der Waals surface area contributed by atoms with Crippen molar-refractivity contribution in [2.45, 2.75) is 18.9 Å². The van der Waals surface area contributed by atoms with E-state index in [0.29, 0.717) is 45.9 Å². The number of halogens is 1. The molecule has 4 N–H and O–H groups in total. The molecule has 10 heteroatoms. The smallest absolute Gasteiger partial charge is 0.266 e. The molecule has 2 amide bonds. The molecule has 1 saturated heterocycles. The van der Waals surface area contributed by atoms with Gasteiger partial charge in [-0.25, -0.2) is 4.98 Å². The quantitative estimate of drug-likeness (QED) is 0.304. The fourth-order valence-electron chi connectivity index (χ4n) is 4.49. The van der Waals surface area contributed by atoms with Gasteiger partial charge in [-0.3, -0.25) is 9.59 Å². The Hall–Kier alpha value is -4.23. The molecule has 0 saturated carbocycles. The van der Waals surface area contributed by atoms with E-state index >= 15 is 0 Å². The highest BCUT2D eigenvalue weighted by molar-refractivity contribution is 7.12. The van der Waals surface area contributed by atoms with E-state index in [4.69, 9.17) is 5.73 Å². The molecule has 4 aromatic rings. The van der Waals surface area contributed by atoms with E-state index in [-0.39, 0.29) is 41.5 Å². The average molecular weight is 560 g/mol. The third-order valence-electron chi connectivity index (χ3n) is 6.54. The lowest BCUT2D eigenvalue weighted by Crippen LogP contribution is -2.42. The zero-order valence-electron chi connectivity index (χ0n) is 20.8. The number of piperidine rings is 1. The number of nitrogens with zero attached hydrogens (tertiary/aromatic N) is 3. The Morgan fingerprint density at radius 2 is 1.82 bits per heavy atom. The summed E-state index contributed by atoms with van der Waals surface area (Å²) in [4.78, 5) is 32.9. The van der Waals surface area contributed by atoms with Gasteiger partial charge in [-0.1, -0.05) is 30.3 Å². The number of aromatic hydroxyl groups is 1. The van der Waals surface area contributed by atoms with Crippen LogP contribution in [0.15, 0.2) is 72.1 Å². The average Bonchev–Trinajstić information content (AvgIpc) is 3.48. The van der Waals surface area contributed by atoms with Crippen molar-refractivity contribution in [1.82, 2.24) is 9.88 Å². The van der Waals surface area contributed by atoms with Gasteiger partial charge < -0.3 is 21.1 Å². The van der Waals surface area contributed by atoms with Gasteiger partial charge in [0.1, 0.15) is 17.4 Å². The van der Waals surface area contributed by atoms with E-state index in [9.17, 15) is 20.0 Å². The summed E-state index contributed by atoms with van der Waals surface area (Å²) >= 11 is 1.27. The molecule has 2 aromatic heterocycles. The first kappa shape index (κ1) is 27.8. The normalized spacial score (nSPS) is 13.3. The maximum Gasteiger partial charge on any atom is 0.266 e. The van der Waals surface area contributed by atoms with E-state index < -0.39 is 5.91 Å². The van der Waals surface area contributed by atoms with Gasteiger partial charge in [0, 0.05) is 35.8 Å². The molecule has 2 aromatic carbocycles. The van der Waals surface area contributed by atoms with E-state index in [1.807, 2.05) is 0 Å². The molecule has 0 bridgehead atoms. The van der Waals surface area contributed by atoms with E-state index in [1.165, 1.54) is 11.3 Å². The van der Waals surface area contributed by atoms with Gasteiger partial charge in [0.25, 0.3) is 11.8 Å². The van der Waals surface area contributed by atoms with E-state index in [2.05, 4.69) is 16.4 Å². The standard InChI is InChI=1S/C29H25N5O3S.ClH/c30-17-23-22(18-5-3-6-19(15-18)29(37)34-12-10-20(31)11-13-34)16-24(21-7-1-2-8-25(21)35)32-27(23)33-28(36)26-9-4-14-38-26;/h1-9,14-16,20,35H,10-13,31H2,(H,32,33,36);1H. The predicted molar refractivity (Wildman–Crippen MR) is 154 cm³/mol. The third-order valence-corrected chi connectivity index (χ3v) is 7.40. The lowest BCUT2D eigenvalue weighted by atomic mass is 9.96. The molecule has 0 unspecified atom stereocenters. The van der Waals surface area contributed by atoms with Crippen molar-refractivity contribution in [3.05, 3.63) is 88.1 Å². The second kappa shape index (κ2) is 12.1. The Kier molecular flexibility index (Phi) is 8.62. The first-order valence-corrected chi connectivity index (χ1v) is 13.1. The molecule has 39 heavy (non-hydrogen) atoms. The van der Waals surface area contributed by atoms with Gasteiger partial charge in [0.2, 0.25) is 0 Å². The van der Waals surface area contributed by atoms with Gasteiger partial charge in [0.05, 0.1) is 10.6 Å². The lowest BCUT2D eigenvalue weighted by molar-refractivity contribution is 0.0714. The topological polar surface area (TPSA) is 132 Å². The molecule has 0 radical (unpaired) electrons. The number of nitriles is 1. The number of hydrogen-bond donors (Lipinski definition) is 3. The fraction of sp³-hybridized carbons (Fsp3) is 0.172. The zero-order chi connectivity index (χ0) is 26.6. The summed E-state index contributed by atoms with van der Waals surface area (Å²) in [5.41, 5.74) is 8.57. The van der Waals surface area contributed by atoms with Gasteiger partial charge >= 0.3 is 0 Å². The number of phenolic OH excluding ortho intramolecular Hbond substituents is 1. The fourth-order valence-corrected chi connectivity index (χ4v) is 5.11. The molecular weight excluding hydrogens is 534 g/mol. The maximum absolute atomic E-state index is 13.2. The molecule has 0 spiro atoms. The monoisotopic (exact) mass is 559 g/mol. The maximum atomic E-state index is 13.2. The minimum absolute atomic E-state index is 0. The highest BCUT2D eigenvalue weighted by atomic mass is 35.5. The van der Waals surface area contributed by atoms with Gasteiger partial charge in [-0.2, -0.15) is 5.26 Å². The van der Waals surface area contributed by atoms with Crippen LogP contribution >= 0.6 is 23.7 Å². The van der Waals surface area contributed by atoms with Crippen LogP contribution in [0.4, 0.5) is 5.82 Å². The Labute approximate surface area is 236 Å². The van der Waals surface area contributed by atoms with Crippen LogP contribution in [0.2, 0.25) is 0 Å². The van der Waals surface area contributed by atoms with Crippen LogP contribution in [0.1, 0.15) is 38.4 Å². The number of likely N-dealkylation sites (tertiary alicyclic amines) is 1. The lowest BCUT2D eigenvalue weighted by Gasteiger charge is -2.30. The summed E-state index contributed by atoms with van der Waals surface area (Å²) in [7, 11) is 0. The number of carbonyl (C=O) groups excluding carboxylic acids is 2. The molecule has 1 fully saturated rings. The SMILES string of the molecule is Cl.N#Cc1c(-c2cccc(C(=O)N3CCC(N)CC3)c2)cc(-c2ccccc2O)nc1NC(=O)c1cccs1. The highest BCUT2D eigenvalue weighted by Crippen LogP contribution is 2.36. The summed E-state index contributed by atoms with van der Waals surface area (Å²) in [5, 5.41) is 25.2. The molecule has 198 valence electrons. The largest absolute Gasteiger partial charge is 0.507 e. The number of benzene rings is 2. The number of phenols is 1. The van der Waals surface area contributed by atoms with Crippen LogP contribution in [-0.4, -0.2) is 45.9 Å². The Morgan fingerprint density at radius 3 is 2.51 bits per heavy atom. The third kappa shape index (κ3) is 5.94. The summed E-state index contributed by atoms with van der Waals surface area (Å²) in [6.07, 6.45) is 1.51. The van der Waals surface area contributed by atoms with Crippen LogP contribution in [0.3, 0.4) is 0 Å². The Morgan fingerprint density at radius 1 is 1.05 bits per heavy atom. The van der Waals surface area contributed by atoms with Gasteiger partial charge in [0.15, 0.2) is 5.82 Å².